The van der Waals surface area contributed by atoms with Crippen molar-refractivity contribution in [3.05, 3.63) is 32.8 Å². The molecule has 0 aliphatic heterocycles. The van der Waals surface area contributed by atoms with Crippen LogP contribution in [0.3, 0.4) is 0 Å². The standard InChI is InChI=1S/C15H23BrN2O2Si/c1-11-8-12-14(13(16)9-17(2)15(12)19)18(11)10-20-6-7-21(3,4)5/h8-9H,6-7,10H2,1-5H3. The van der Waals surface area contributed by atoms with E-state index in [0.29, 0.717) is 6.73 Å². The topological polar surface area (TPSA) is 36.2 Å². The molecule has 2 aromatic rings. The quantitative estimate of drug-likeness (QED) is 0.593. The number of fused-ring (bicyclic) bond motifs is 1. The van der Waals surface area contributed by atoms with Crippen LogP contribution in [0.25, 0.3) is 10.9 Å². The minimum atomic E-state index is -1.07. The SMILES string of the molecule is Cc1cc2c(=O)n(C)cc(Br)c2n1COCC[Si](C)(C)C. The van der Waals surface area contributed by atoms with Gasteiger partial charge < -0.3 is 13.9 Å². The van der Waals surface area contributed by atoms with Crippen LogP contribution in [0.5, 0.6) is 0 Å². The summed E-state index contributed by atoms with van der Waals surface area (Å²) < 4.78 is 10.4. The van der Waals surface area contributed by atoms with Gasteiger partial charge in [-0.05, 0) is 35.0 Å². The van der Waals surface area contributed by atoms with Crippen molar-refractivity contribution in [3.8, 4) is 0 Å². The van der Waals surface area contributed by atoms with Gasteiger partial charge in [0.05, 0.1) is 15.4 Å². The molecule has 2 heterocycles. The first-order valence-electron chi connectivity index (χ1n) is 7.13. The third-order valence-electron chi connectivity index (χ3n) is 3.60. The summed E-state index contributed by atoms with van der Waals surface area (Å²) >= 11 is 3.56. The number of nitrogens with zero attached hydrogens (tertiary/aromatic N) is 2. The molecule has 21 heavy (non-hydrogen) atoms. The van der Waals surface area contributed by atoms with E-state index in [-0.39, 0.29) is 5.56 Å². The molecule has 2 rings (SSSR count). The Kier molecular flexibility index (Phi) is 4.80. The maximum Gasteiger partial charge on any atom is 0.259 e. The Hall–Kier alpha value is -0.853. The highest BCUT2D eigenvalue weighted by Crippen LogP contribution is 2.24. The average Bonchev–Trinajstić information content (AvgIpc) is 2.68. The van der Waals surface area contributed by atoms with Crippen molar-refractivity contribution in [2.75, 3.05) is 6.61 Å². The summed E-state index contributed by atoms with van der Waals surface area (Å²) in [7, 11) is 0.697. The molecule has 0 fully saturated rings. The van der Waals surface area contributed by atoms with Crippen LogP contribution in [-0.2, 0) is 18.5 Å². The number of rotatable bonds is 5. The maximum atomic E-state index is 12.2. The zero-order chi connectivity index (χ0) is 15.8. The van der Waals surface area contributed by atoms with Crippen LogP contribution >= 0.6 is 15.9 Å². The summed E-state index contributed by atoms with van der Waals surface area (Å²) in [5.74, 6) is 0. The molecule has 0 N–H and O–H groups in total. The predicted octanol–water partition coefficient (Wildman–Crippen LogP) is 3.72. The fourth-order valence-electron chi connectivity index (χ4n) is 2.28. The Labute approximate surface area is 134 Å². The first kappa shape index (κ1) is 16.5. The van der Waals surface area contributed by atoms with Crippen molar-refractivity contribution in [1.29, 1.82) is 0 Å². The summed E-state index contributed by atoms with van der Waals surface area (Å²) in [4.78, 5) is 12.2. The van der Waals surface area contributed by atoms with E-state index < -0.39 is 8.07 Å². The largest absolute Gasteiger partial charge is 0.361 e. The number of aryl methyl sites for hydroxylation is 2. The highest BCUT2D eigenvalue weighted by molar-refractivity contribution is 9.10. The molecular weight excluding hydrogens is 348 g/mol. The normalized spacial score (nSPS) is 12.3. The van der Waals surface area contributed by atoms with Gasteiger partial charge in [-0.2, -0.15) is 0 Å². The fourth-order valence-corrected chi connectivity index (χ4v) is 3.77. The summed E-state index contributed by atoms with van der Waals surface area (Å²) in [5.41, 5.74) is 1.99. The minimum absolute atomic E-state index is 0.0251. The zero-order valence-corrected chi connectivity index (χ0v) is 16.0. The molecule has 0 saturated heterocycles. The van der Waals surface area contributed by atoms with Crippen molar-refractivity contribution in [3.63, 3.8) is 0 Å². The fraction of sp³-hybridized carbons (Fsp3) is 0.533. The highest BCUT2D eigenvalue weighted by Gasteiger charge is 2.15. The average molecular weight is 371 g/mol. The zero-order valence-electron chi connectivity index (χ0n) is 13.4. The van der Waals surface area contributed by atoms with E-state index in [1.165, 1.54) is 0 Å². The predicted molar refractivity (Wildman–Crippen MR) is 93.7 cm³/mol. The monoisotopic (exact) mass is 370 g/mol. The van der Waals surface area contributed by atoms with Crippen LogP contribution in [0.4, 0.5) is 0 Å². The van der Waals surface area contributed by atoms with Gasteiger partial charge >= 0.3 is 0 Å². The van der Waals surface area contributed by atoms with E-state index in [4.69, 9.17) is 4.74 Å². The lowest BCUT2D eigenvalue weighted by Gasteiger charge is -2.16. The molecule has 6 heteroatoms. The van der Waals surface area contributed by atoms with Crippen molar-refractivity contribution in [2.45, 2.75) is 39.3 Å². The van der Waals surface area contributed by atoms with Gasteiger partial charge in [-0.3, -0.25) is 4.79 Å². The second kappa shape index (κ2) is 6.10. The highest BCUT2D eigenvalue weighted by atomic mass is 79.9. The third-order valence-corrected chi connectivity index (χ3v) is 5.89. The minimum Gasteiger partial charge on any atom is -0.361 e. The summed E-state index contributed by atoms with van der Waals surface area (Å²) in [6, 6.07) is 3.08. The number of hydrogen-bond donors (Lipinski definition) is 0. The lowest BCUT2D eigenvalue weighted by molar-refractivity contribution is 0.0889. The Morgan fingerprint density at radius 1 is 1.33 bits per heavy atom. The van der Waals surface area contributed by atoms with Crippen LogP contribution in [0.2, 0.25) is 25.7 Å². The van der Waals surface area contributed by atoms with Gasteiger partial charge in [-0.1, -0.05) is 19.6 Å². The van der Waals surface area contributed by atoms with Crippen LogP contribution in [0.1, 0.15) is 5.69 Å². The molecule has 0 aliphatic carbocycles. The molecule has 0 aliphatic rings. The van der Waals surface area contributed by atoms with E-state index >= 15 is 0 Å². The summed E-state index contributed by atoms with van der Waals surface area (Å²) in [6.07, 6.45) is 1.81. The van der Waals surface area contributed by atoms with Crippen molar-refractivity contribution in [2.24, 2.45) is 7.05 Å². The van der Waals surface area contributed by atoms with Gasteiger partial charge in [-0.15, -0.1) is 0 Å². The molecule has 2 aromatic heterocycles. The first-order valence-corrected chi connectivity index (χ1v) is 11.6. The third kappa shape index (κ3) is 3.67. The molecule has 0 saturated carbocycles. The molecule has 0 amide bonds. The molecule has 116 valence electrons. The second-order valence-corrected chi connectivity index (χ2v) is 13.2. The number of hydrogen-bond acceptors (Lipinski definition) is 2. The number of pyridine rings is 1. The molecule has 0 atom stereocenters. The van der Waals surface area contributed by atoms with Gasteiger partial charge in [0.1, 0.15) is 6.73 Å². The van der Waals surface area contributed by atoms with E-state index in [2.05, 4.69) is 40.1 Å². The van der Waals surface area contributed by atoms with Crippen LogP contribution in [0.15, 0.2) is 21.5 Å². The van der Waals surface area contributed by atoms with E-state index in [1.807, 2.05) is 19.2 Å². The molecule has 0 bridgehead atoms. The van der Waals surface area contributed by atoms with E-state index in [9.17, 15) is 4.79 Å². The van der Waals surface area contributed by atoms with Crippen molar-refractivity contribution in [1.82, 2.24) is 9.13 Å². The molecule has 0 radical (unpaired) electrons. The number of halogens is 1. The van der Waals surface area contributed by atoms with E-state index in [0.717, 1.165) is 33.7 Å². The van der Waals surface area contributed by atoms with Crippen molar-refractivity contribution < 1.29 is 4.74 Å². The smallest absolute Gasteiger partial charge is 0.259 e. The Balaban J connectivity index is 2.27. The number of ether oxygens (including phenoxy) is 1. The lowest BCUT2D eigenvalue weighted by Crippen LogP contribution is -2.22. The van der Waals surface area contributed by atoms with Crippen LogP contribution in [0, 0.1) is 6.92 Å². The summed E-state index contributed by atoms with van der Waals surface area (Å²) in [5, 5.41) is 0.734. The molecule has 0 aromatic carbocycles. The van der Waals surface area contributed by atoms with Crippen LogP contribution in [-0.4, -0.2) is 23.8 Å². The summed E-state index contributed by atoms with van der Waals surface area (Å²) in [6.45, 7) is 10.3. The van der Waals surface area contributed by atoms with Gasteiger partial charge in [0.25, 0.3) is 5.56 Å². The lowest BCUT2D eigenvalue weighted by atomic mass is 10.3. The molecule has 4 nitrogen and oxygen atoms in total. The van der Waals surface area contributed by atoms with Gasteiger partial charge in [0.2, 0.25) is 0 Å². The van der Waals surface area contributed by atoms with E-state index in [1.54, 1.807) is 11.6 Å². The second-order valence-electron chi connectivity index (χ2n) is 6.72. The maximum absolute atomic E-state index is 12.2. The van der Waals surface area contributed by atoms with Gasteiger partial charge in [0, 0.05) is 33.6 Å². The Bertz CT molecular complexity index is 713. The molecule has 0 spiro atoms. The Morgan fingerprint density at radius 3 is 2.62 bits per heavy atom. The molecule has 0 unspecified atom stereocenters. The number of aromatic nitrogens is 2. The Morgan fingerprint density at radius 2 is 2.00 bits per heavy atom. The van der Waals surface area contributed by atoms with Crippen LogP contribution < -0.4 is 5.56 Å². The molecular formula is C15H23BrN2O2Si. The van der Waals surface area contributed by atoms with Gasteiger partial charge in [-0.25, -0.2) is 0 Å². The van der Waals surface area contributed by atoms with Crippen molar-refractivity contribution >= 4 is 34.9 Å². The van der Waals surface area contributed by atoms with Gasteiger partial charge in [0.15, 0.2) is 0 Å². The first-order chi connectivity index (χ1) is 9.70.